The molecule has 2 rings (SSSR count). The Morgan fingerprint density at radius 3 is 3.19 bits per heavy atom. The number of amides is 1. The summed E-state index contributed by atoms with van der Waals surface area (Å²) in [7, 11) is 1.68. The van der Waals surface area contributed by atoms with Crippen LogP contribution in [0.3, 0.4) is 0 Å². The monoisotopic (exact) mass is 222 g/mol. The number of anilines is 1. The van der Waals surface area contributed by atoms with Crippen molar-refractivity contribution in [3.63, 3.8) is 0 Å². The summed E-state index contributed by atoms with van der Waals surface area (Å²) in [6.45, 7) is 0.0662. The standard InChI is InChI=1S/C11H14N2O3/c1-13-10-8(4-2-6-12-10)16-9(11(13)15)5-3-7-14/h2,4,6,9,14H,3,5,7H2,1H3. The van der Waals surface area contributed by atoms with Crippen LogP contribution in [0.15, 0.2) is 18.3 Å². The number of rotatable bonds is 3. The first kappa shape index (κ1) is 10.9. The van der Waals surface area contributed by atoms with E-state index in [1.54, 1.807) is 25.4 Å². The maximum absolute atomic E-state index is 11.9. The molecule has 1 aliphatic heterocycles. The van der Waals surface area contributed by atoms with Gasteiger partial charge in [-0.15, -0.1) is 0 Å². The third-order valence-corrected chi connectivity index (χ3v) is 2.57. The zero-order valence-corrected chi connectivity index (χ0v) is 9.09. The summed E-state index contributed by atoms with van der Waals surface area (Å²) in [4.78, 5) is 17.5. The quantitative estimate of drug-likeness (QED) is 0.812. The number of aliphatic hydroxyl groups excluding tert-OH is 1. The minimum atomic E-state index is -0.506. The van der Waals surface area contributed by atoms with E-state index in [1.807, 2.05) is 0 Å². The van der Waals surface area contributed by atoms with Gasteiger partial charge < -0.3 is 9.84 Å². The molecule has 0 fully saturated rings. The third kappa shape index (κ3) is 1.86. The van der Waals surface area contributed by atoms with E-state index in [1.165, 1.54) is 4.90 Å². The predicted molar refractivity (Wildman–Crippen MR) is 58.4 cm³/mol. The highest BCUT2D eigenvalue weighted by Crippen LogP contribution is 2.31. The van der Waals surface area contributed by atoms with Crippen LogP contribution in [0.1, 0.15) is 12.8 Å². The predicted octanol–water partition coefficient (Wildman–Crippen LogP) is 0.578. The number of carbonyl (C=O) groups is 1. The minimum Gasteiger partial charge on any atom is -0.477 e. The average molecular weight is 222 g/mol. The van der Waals surface area contributed by atoms with Gasteiger partial charge in [0, 0.05) is 19.9 Å². The number of nitrogens with zero attached hydrogens (tertiary/aromatic N) is 2. The molecule has 1 unspecified atom stereocenters. The van der Waals surface area contributed by atoms with Gasteiger partial charge in [0.05, 0.1) is 0 Å². The van der Waals surface area contributed by atoms with Gasteiger partial charge in [0.25, 0.3) is 5.91 Å². The molecule has 0 aliphatic carbocycles. The number of aromatic nitrogens is 1. The Labute approximate surface area is 93.7 Å². The van der Waals surface area contributed by atoms with Crippen LogP contribution < -0.4 is 9.64 Å². The SMILES string of the molecule is CN1C(=O)C(CCCO)Oc2cccnc21. The fraction of sp³-hybridized carbons (Fsp3) is 0.455. The van der Waals surface area contributed by atoms with Crippen LogP contribution in [0.4, 0.5) is 5.82 Å². The maximum atomic E-state index is 11.9. The second kappa shape index (κ2) is 4.49. The molecular weight excluding hydrogens is 208 g/mol. The largest absolute Gasteiger partial charge is 0.477 e. The normalized spacial score (nSPS) is 19.2. The minimum absolute atomic E-state index is 0.0662. The van der Waals surface area contributed by atoms with Gasteiger partial charge >= 0.3 is 0 Å². The van der Waals surface area contributed by atoms with Crippen molar-refractivity contribution in [1.82, 2.24) is 4.98 Å². The second-order valence-electron chi connectivity index (χ2n) is 3.69. The van der Waals surface area contributed by atoms with Gasteiger partial charge in [0.15, 0.2) is 17.7 Å². The molecule has 0 radical (unpaired) electrons. The first-order chi connectivity index (χ1) is 7.74. The molecule has 2 heterocycles. The molecule has 16 heavy (non-hydrogen) atoms. The molecule has 0 saturated heterocycles. The van der Waals surface area contributed by atoms with Gasteiger partial charge in [-0.3, -0.25) is 9.69 Å². The van der Waals surface area contributed by atoms with Crippen LogP contribution in [0, 0.1) is 0 Å². The molecule has 5 nitrogen and oxygen atoms in total. The lowest BCUT2D eigenvalue weighted by molar-refractivity contribution is -0.126. The molecule has 0 spiro atoms. The maximum Gasteiger partial charge on any atom is 0.269 e. The van der Waals surface area contributed by atoms with E-state index < -0.39 is 6.10 Å². The Balaban J connectivity index is 2.21. The fourth-order valence-corrected chi connectivity index (χ4v) is 1.71. The van der Waals surface area contributed by atoms with Crippen LogP contribution in [0.25, 0.3) is 0 Å². The van der Waals surface area contributed by atoms with E-state index in [9.17, 15) is 4.79 Å². The van der Waals surface area contributed by atoms with Crippen molar-refractivity contribution in [3.8, 4) is 5.75 Å². The molecule has 0 aromatic carbocycles. The van der Waals surface area contributed by atoms with Crippen molar-refractivity contribution >= 4 is 11.7 Å². The number of pyridine rings is 1. The van der Waals surface area contributed by atoms with Gasteiger partial charge in [-0.05, 0) is 25.0 Å². The summed E-state index contributed by atoms with van der Waals surface area (Å²) < 4.78 is 5.55. The first-order valence-corrected chi connectivity index (χ1v) is 5.24. The Hall–Kier alpha value is -1.62. The number of aliphatic hydroxyl groups is 1. The molecule has 0 saturated carbocycles. The lowest BCUT2D eigenvalue weighted by atomic mass is 10.1. The number of hydrogen-bond acceptors (Lipinski definition) is 4. The van der Waals surface area contributed by atoms with Crippen LogP contribution >= 0.6 is 0 Å². The average Bonchev–Trinajstić information content (AvgIpc) is 2.32. The van der Waals surface area contributed by atoms with E-state index in [4.69, 9.17) is 9.84 Å². The smallest absolute Gasteiger partial charge is 0.269 e. The summed E-state index contributed by atoms with van der Waals surface area (Å²) in [6, 6.07) is 3.56. The van der Waals surface area contributed by atoms with Crippen LogP contribution in [-0.4, -0.2) is 35.8 Å². The molecule has 1 aliphatic rings. The van der Waals surface area contributed by atoms with Crippen molar-refractivity contribution in [2.45, 2.75) is 18.9 Å². The molecule has 1 aromatic rings. The number of hydrogen-bond donors (Lipinski definition) is 1. The lowest BCUT2D eigenvalue weighted by Gasteiger charge is -2.30. The van der Waals surface area contributed by atoms with Crippen LogP contribution in [0.5, 0.6) is 5.75 Å². The Kier molecular flexibility index (Phi) is 3.05. The molecule has 1 amide bonds. The van der Waals surface area contributed by atoms with Crippen molar-refractivity contribution < 1.29 is 14.6 Å². The summed E-state index contributed by atoms with van der Waals surface area (Å²) in [5.41, 5.74) is 0. The van der Waals surface area contributed by atoms with E-state index in [-0.39, 0.29) is 12.5 Å². The summed E-state index contributed by atoms with van der Waals surface area (Å²) >= 11 is 0. The summed E-state index contributed by atoms with van der Waals surface area (Å²) in [5.74, 6) is 1.06. The second-order valence-corrected chi connectivity index (χ2v) is 3.69. The van der Waals surface area contributed by atoms with Crippen molar-refractivity contribution in [3.05, 3.63) is 18.3 Å². The zero-order chi connectivity index (χ0) is 11.5. The van der Waals surface area contributed by atoms with E-state index >= 15 is 0 Å². The molecule has 1 N–H and O–H groups in total. The topological polar surface area (TPSA) is 62.7 Å². The van der Waals surface area contributed by atoms with Crippen molar-refractivity contribution in [2.24, 2.45) is 0 Å². The lowest BCUT2D eigenvalue weighted by Crippen LogP contribution is -2.44. The Morgan fingerprint density at radius 2 is 2.44 bits per heavy atom. The first-order valence-electron chi connectivity index (χ1n) is 5.24. The number of fused-ring (bicyclic) bond motifs is 1. The Morgan fingerprint density at radius 1 is 1.62 bits per heavy atom. The highest BCUT2D eigenvalue weighted by atomic mass is 16.5. The van der Waals surface area contributed by atoms with Crippen molar-refractivity contribution in [2.75, 3.05) is 18.6 Å². The van der Waals surface area contributed by atoms with Gasteiger partial charge in [-0.25, -0.2) is 4.98 Å². The van der Waals surface area contributed by atoms with Gasteiger partial charge in [-0.2, -0.15) is 0 Å². The fourth-order valence-electron chi connectivity index (χ4n) is 1.71. The van der Waals surface area contributed by atoms with E-state index in [0.29, 0.717) is 24.4 Å². The summed E-state index contributed by atoms with van der Waals surface area (Å²) in [6.07, 6.45) is 2.20. The number of carbonyl (C=O) groups excluding carboxylic acids is 1. The highest BCUT2D eigenvalue weighted by Gasteiger charge is 2.32. The van der Waals surface area contributed by atoms with Crippen LogP contribution in [-0.2, 0) is 4.79 Å². The van der Waals surface area contributed by atoms with Crippen LogP contribution in [0.2, 0.25) is 0 Å². The molecular formula is C11H14N2O3. The van der Waals surface area contributed by atoms with Crippen molar-refractivity contribution in [1.29, 1.82) is 0 Å². The van der Waals surface area contributed by atoms with E-state index in [0.717, 1.165) is 0 Å². The summed E-state index contributed by atoms with van der Waals surface area (Å²) in [5, 5.41) is 8.75. The molecule has 1 atom stereocenters. The third-order valence-electron chi connectivity index (χ3n) is 2.57. The number of ether oxygens (including phenoxy) is 1. The number of likely N-dealkylation sites (N-methyl/N-ethyl adjacent to an activating group) is 1. The molecule has 1 aromatic heterocycles. The van der Waals surface area contributed by atoms with E-state index in [2.05, 4.69) is 4.98 Å². The zero-order valence-electron chi connectivity index (χ0n) is 9.09. The molecule has 5 heteroatoms. The van der Waals surface area contributed by atoms with Gasteiger partial charge in [0.1, 0.15) is 0 Å². The van der Waals surface area contributed by atoms with Gasteiger partial charge in [-0.1, -0.05) is 0 Å². The van der Waals surface area contributed by atoms with Gasteiger partial charge in [0.2, 0.25) is 0 Å². The molecule has 86 valence electrons. The highest BCUT2D eigenvalue weighted by molar-refractivity contribution is 5.98. The molecule has 0 bridgehead atoms. The Bertz CT molecular complexity index is 395.